The fourth-order valence-corrected chi connectivity index (χ4v) is 3.15. The molecule has 0 bridgehead atoms. The van der Waals surface area contributed by atoms with Crippen molar-refractivity contribution in [3.8, 4) is 0 Å². The van der Waals surface area contributed by atoms with Crippen molar-refractivity contribution in [3.63, 3.8) is 0 Å². The summed E-state index contributed by atoms with van der Waals surface area (Å²) in [5.74, 6) is 5.59. The van der Waals surface area contributed by atoms with Gasteiger partial charge in [-0.2, -0.15) is 0 Å². The second-order valence-corrected chi connectivity index (χ2v) is 5.30. The Labute approximate surface area is 112 Å². The SMILES string of the molecule is NNC(=O)c1ccoc1CN1CCN2CCCC2C1. The number of carbonyl (C=O) groups excluding carboxylic acids is 1. The molecule has 2 fully saturated rings. The molecule has 0 radical (unpaired) electrons. The monoisotopic (exact) mass is 264 g/mol. The van der Waals surface area contributed by atoms with E-state index in [4.69, 9.17) is 10.3 Å². The Morgan fingerprint density at radius 1 is 1.47 bits per heavy atom. The molecule has 1 atom stereocenters. The number of hydrazine groups is 1. The zero-order chi connectivity index (χ0) is 13.2. The molecule has 3 heterocycles. The summed E-state index contributed by atoms with van der Waals surface area (Å²) in [4.78, 5) is 16.5. The van der Waals surface area contributed by atoms with Crippen molar-refractivity contribution in [2.24, 2.45) is 5.84 Å². The summed E-state index contributed by atoms with van der Waals surface area (Å²) < 4.78 is 5.43. The molecule has 0 saturated carbocycles. The number of amides is 1. The van der Waals surface area contributed by atoms with Gasteiger partial charge in [-0.25, -0.2) is 5.84 Å². The number of nitrogens with two attached hydrogens (primary N) is 1. The number of hydrogen-bond acceptors (Lipinski definition) is 5. The molecular weight excluding hydrogens is 244 g/mol. The van der Waals surface area contributed by atoms with E-state index in [1.54, 1.807) is 12.3 Å². The molecular formula is C13H20N4O2. The second-order valence-electron chi connectivity index (χ2n) is 5.30. The highest BCUT2D eigenvalue weighted by Gasteiger charge is 2.31. The molecule has 1 unspecified atom stereocenters. The first-order valence-corrected chi connectivity index (χ1v) is 6.81. The Kier molecular flexibility index (Phi) is 3.54. The second kappa shape index (κ2) is 5.32. The third kappa shape index (κ3) is 2.51. The average molecular weight is 264 g/mol. The lowest BCUT2D eigenvalue weighted by Crippen LogP contribution is -2.49. The number of nitrogen functional groups attached to an aromatic ring is 1. The molecule has 0 aromatic carbocycles. The van der Waals surface area contributed by atoms with Gasteiger partial charge in [-0.15, -0.1) is 0 Å². The van der Waals surface area contributed by atoms with Gasteiger partial charge >= 0.3 is 0 Å². The molecule has 1 aromatic rings. The predicted octanol–water partition coefficient (Wildman–Crippen LogP) is 0.163. The molecule has 2 aliphatic heterocycles. The van der Waals surface area contributed by atoms with Crippen LogP contribution in [-0.4, -0.2) is 47.9 Å². The van der Waals surface area contributed by atoms with Crippen molar-refractivity contribution in [3.05, 3.63) is 23.7 Å². The molecule has 6 heteroatoms. The highest BCUT2D eigenvalue weighted by molar-refractivity contribution is 5.94. The largest absolute Gasteiger partial charge is 0.467 e. The first kappa shape index (κ1) is 12.7. The van der Waals surface area contributed by atoms with Crippen molar-refractivity contribution in [2.45, 2.75) is 25.4 Å². The Morgan fingerprint density at radius 2 is 2.37 bits per heavy atom. The number of rotatable bonds is 3. The van der Waals surface area contributed by atoms with Crippen LogP contribution in [0.1, 0.15) is 29.0 Å². The maximum absolute atomic E-state index is 11.6. The van der Waals surface area contributed by atoms with Crippen LogP contribution in [0.4, 0.5) is 0 Å². The lowest BCUT2D eigenvalue weighted by molar-refractivity contribution is 0.0904. The van der Waals surface area contributed by atoms with Crippen LogP contribution in [0.2, 0.25) is 0 Å². The lowest BCUT2D eigenvalue weighted by Gasteiger charge is -2.37. The third-order valence-electron chi connectivity index (χ3n) is 4.16. The molecule has 104 valence electrons. The predicted molar refractivity (Wildman–Crippen MR) is 70.2 cm³/mol. The van der Waals surface area contributed by atoms with Crippen LogP contribution in [0, 0.1) is 0 Å². The smallest absolute Gasteiger partial charge is 0.268 e. The third-order valence-corrected chi connectivity index (χ3v) is 4.16. The molecule has 1 aromatic heterocycles. The molecule has 0 aliphatic carbocycles. The lowest BCUT2D eigenvalue weighted by atomic mass is 10.1. The fourth-order valence-electron chi connectivity index (χ4n) is 3.15. The van der Waals surface area contributed by atoms with Crippen LogP contribution in [0.25, 0.3) is 0 Å². The minimum atomic E-state index is -0.289. The maximum atomic E-state index is 11.6. The number of fused-ring (bicyclic) bond motifs is 1. The fraction of sp³-hybridized carbons (Fsp3) is 0.615. The summed E-state index contributed by atoms with van der Waals surface area (Å²) in [6.07, 6.45) is 4.14. The van der Waals surface area contributed by atoms with E-state index >= 15 is 0 Å². The zero-order valence-electron chi connectivity index (χ0n) is 11.0. The van der Waals surface area contributed by atoms with Gasteiger partial charge in [-0.1, -0.05) is 0 Å². The minimum Gasteiger partial charge on any atom is -0.467 e. The Bertz CT molecular complexity index is 459. The van der Waals surface area contributed by atoms with E-state index in [0.717, 1.165) is 19.6 Å². The van der Waals surface area contributed by atoms with Crippen LogP contribution in [-0.2, 0) is 6.54 Å². The molecule has 6 nitrogen and oxygen atoms in total. The Hall–Kier alpha value is -1.37. The summed E-state index contributed by atoms with van der Waals surface area (Å²) in [7, 11) is 0. The van der Waals surface area contributed by atoms with Crippen LogP contribution in [0.5, 0.6) is 0 Å². The van der Waals surface area contributed by atoms with E-state index in [9.17, 15) is 4.79 Å². The van der Waals surface area contributed by atoms with Crippen molar-refractivity contribution < 1.29 is 9.21 Å². The van der Waals surface area contributed by atoms with Crippen molar-refractivity contribution in [1.82, 2.24) is 15.2 Å². The van der Waals surface area contributed by atoms with Gasteiger partial charge in [0, 0.05) is 25.7 Å². The number of piperazine rings is 1. The quantitative estimate of drug-likeness (QED) is 0.462. The van der Waals surface area contributed by atoms with E-state index in [0.29, 0.717) is 23.9 Å². The topological polar surface area (TPSA) is 74.7 Å². The van der Waals surface area contributed by atoms with Gasteiger partial charge in [0.1, 0.15) is 5.76 Å². The Balaban J connectivity index is 1.65. The highest BCUT2D eigenvalue weighted by atomic mass is 16.3. The van der Waals surface area contributed by atoms with E-state index < -0.39 is 0 Å². The highest BCUT2D eigenvalue weighted by Crippen LogP contribution is 2.23. The van der Waals surface area contributed by atoms with Gasteiger partial charge in [0.15, 0.2) is 0 Å². The van der Waals surface area contributed by atoms with Gasteiger partial charge < -0.3 is 4.42 Å². The number of furan rings is 1. The first-order chi connectivity index (χ1) is 9.28. The number of carbonyl (C=O) groups is 1. The maximum Gasteiger partial charge on any atom is 0.268 e. The summed E-state index contributed by atoms with van der Waals surface area (Å²) >= 11 is 0. The van der Waals surface area contributed by atoms with Gasteiger partial charge in [0.2, 0.25) is 0 Å². The van der Waals surface area contributed by atoms with Gasteiger partial charge in [-0.3, -0.25) is 20.0 Å². The van der Waals surface area contributed by atoms with E-state index in [-0.39, 0.29) is 5.91 Å². The van der Waals surface area contributed by atoms with E-state index in [1.807, 2.05) is 0 Å². The molecule has 19 heavy (non-hydrogen) atoms. The molecule has 0 spiro atoms. The zero-order valence-corrected chi connectivity index (χ0v) is 11.0. The van der Waals surface area contributed by atoms with Crippen molar-refractivity contribution in [1.29, 1.82) is 0 Å². The summed E-state index contributed by atoms with van der Waals surface area (Å²) in [5, 5.41) is 0. The molecule has 2 saturated heterocycles. The summed E-state index contributed by atoms with van der Waals surface area (Å²) in [6.45, 7) is 5.12. The first-order valence-electron chi connectivity index (χ1n) is 6.81. The van der Waals surface area contributed by atoms with Gasteiger partial charge in [0.25, 0.3) is 5.91 Å². The summed E-state index contributed by atoms with van der Waals surface area (Å²) in [6, 6.07) is 2.35. The Morgan fingerprint density at radius 3 is 3.21 bits per heavy atom. The van der Waals surface area contributed by atoms with Gasteiger partial charge in [0.05, 0.1) is 18.4 Å². The minimum absolute atomic E-state index is 0.289. The normalized spacial score (nSPS) is 24.4. The van der Waals surface area contributed by atoms with Crippen LogP contribution in [0.3, 0.4) is 0 Å². The van der Waals surface area contributed by atoms with Crippen LogP contribution < -0.4 is 11.3 Å². The van der Waals surface area contributed by atoms with Crippen molar-refractivity contribution >= 4 is 5.91 Å². The van der Waals surface area contributed by atoms with E-state index in [2.05, 4.69) is 15.2 Å². The number of nitrogens with zero attached hydrogens (tertiary/aromatic N) is 2. The number of nitrogens with one attached hydrogen (secondary N) is 1. The molecule has 3 rings (SSSR count). The molecule has 1 amide bonds. The number of hydrogen-bond donors (Lipinski definition) is 2. The van der Waals surface area contributed by atoms with Crippen LogP contribution >= 0.6 is 0 Å². The molecule has 3 N–H and O–H groups in total. The van der Waals surface area contributed by atoms with Crippen molar-refractivity contribution in [2.75, 3.05) is 26.2 Å². The summed E-state index contributed by atoms with van der Waals surface area (Å²) in [5.41, 5.74) is 2.69. The van der Waals surface area contributed by atoms with Crippen LogP contribution in [0.15, 0.2) is 16.7 Å². The standard InChI is InChI=1S/C13H20N4O2/c14-15-13(18)11-3-7-19-12(11)9-16-5-6-17-4-1-2-10(17)8-16/h3,7,10H,1-2,4-6,8-9,14H2,(H,15,18). The average Bonchev–Trinajstić information content (AvgIpc) is 3.06. The molecule has 2 aliphatic rings. The van der Waals surface area contributed by atoms with Gasteiger partial charge in [-0.05, 0) is 25.5 Å². The van der Waals surface area contributed by atoms with E-state index in [1.165, 1.54) is 19.4 Å².